The van der Waals surface area contributed by atoms with E-state index in [1.54, 1.807) is 10.9 Å². The molecule has 0 atom stereocenters. The maximum Gasteiger partial charge on any atom is 0.161 e. The van der Waals surface area contributed by atoms with E-state index < -0.39 is 0 Å². The molecule has 4 nitrogen and oxygen atoms in total. The lowest BCUT2D eigenvalue weighted by Gasteiger charge is -2.11. The van der Waals surface area contributed by atoms with Crippen molar-refractivity contribution in [3.63, 3.8) is 0 Å². The van der Waals surface area contributed by atoms with E-state index in [2.05, 4.69) is 28.9 Å². The standard InChI is InChI=1S/C10H11ClN4/c1-7(2)8-9(11)12-6-13-10(8)15-5-3-4-14-15/h3-7H,1-2H3. The van der Waals surface area contributed by atoms with Crippen molar-refractivity contribution in [1.29, 1.82) is 0 Å². The Labute approximate surface area is 92.9 Å². The minimum absolute atomic E-state index is 0.262. The number of nitrogens with zero attached hydrogens (tertiary/aromatic N) is 4. The molecule has 0 aromatic carbocycles. The number of rotatable bonds is 2. The monoisotopic (exact) mass is 222 g/mol. The topological polar surface area (TPSA) is 43.6 Å². The van der Waals surface area contributed by atoms with Gasteiger partial charge in [-0.15, -0.1) is 0 Å². The second-order valence-corrected chi connectivity index (χ2v) is 3.87. The number of halogens is 1. The Balaban J connectivity index is 2.61. The van der Waals surface area contributed by atoms with Gasteiger partial charge in [0, 0.05) is 18.0 Å². The number of hydrogen-bond donors (Lipinski definition) is 0. The molecule has 0 saturated carbocycles. The van der Waals surface area contributed by atoms with Crippen molar-refractivity contribution in [2.45, 2.75) is 19.8 Å². The second kappa shape index (κ2) is 3.98. The molecule has 0 N–H and O–H groups in total. The Bertz CT molecular complexity index is 450. The van der Waals surface area contributed by atoms with Crippen molar-refractivity contribution in [1.82, 2.24) is 19.7 Å². The Morgan fingerprint density at radius 1 is 1.33 bits per heavy atom. The van der Waals surface area contributed by atoms with Crippen LogP contribution in [0.1, 0.15) is 25.3 Å². The Kier molecular flexibility index (Phi) is 2.68. The van der Waals surface area contributed by atoms with Crippen molar-refractivity contribution in [3.05, 3.63) is 35.5 Å². The van der Waals surface area contributed by atoms with Crippen LogP contribution >= 0.6 is 11.6 Å². The fourth-order valence-electron chi connectivity index (χ4n) is 1.44. The van der Waals surface area contributed by atoms with Crippen LogP contribution in [0.2, 0.25) is 5.15 Å². The summed E-state index contributed by atoms with van der Waals surface area (Å²) in [5.41, 5.74) is 0.919. The quantitative estimate of drug-likeness (QED) is 0.733. The molecule has 15 heavy (non-hydrogen) atoms. The minimum Gasteiger partial charge on any atom is -0.224 e. The van der Waals surface area contributed by atoms with Gasteiger partial charge in [-0.3, -0.25) is 0 Å². The van der Waals surface area contributed by atoms with E-state index in [0.717, 1.165) is 11.4 Å². The predicted molar refractivity (Wildman–Crippen MR) is 58.3 cm³/mol. The van der Waals surface area contributed by atoms with Crippen molar-refractivity contribution in [3.8, 4) is 5.82 Å². The lowest BCUT2D eigenvalue weighted by Crippen LogP contribution is -2.06. The molecule has 0 spiro atoms. The molecule has 0 aliphatic carbocycles. The summed E-state index contributed by atoms with van der Waals surface area (Å²) in [5, 5.41) is 4.63. The van der Waals surface area contributed by atoms with Crippen LogP contribution in [0.25, 0.3) is 5.82 Å². The average molecular weight is 223 g/mol. The van der Waals surface area contributed by atoms with Gasteiger partial charge in [-0.25, -0.2) is 14.6 Å². The van der Waals surface area contributed by atoms with E-state index in [9.17, 15) is 0 Å². The van der Waals surface area contributed by atoms with E-state index in [4.69, 9.17) is 11.6 Å². The molecule has 0 unspecified atom stereocenters. The highest BCUT2D eigenvalue weighted by molar-refractivity contribution is 6.30. The molecule has 0 aliphatic rings. The third kappa shape index (κ3) is 1.85. The molecular weight excluding hydrogens is 212 g/mol. The zero-order chi connectivity index (χ0) is 10.8. The molecular formula is C10H11ClN4. The molecule has 0 bridgehead atoms. The van der Waals surface area contributed by atoms with Gasteiger partial charge in [0.2, 0.25) is 0 Å². The van der Waals surface area contributed by atoms with Gasteiger partial charge in [0.1, 0.15) is 11.5 Å². The van der Waals surface area contributed by atoms with Crippen LogP contribution in [0.3, 0.4) is 0 Å². The molecule has 0 aliphatic heterocycles. The van der Waals surface area contributed by atoms with Gasteiger partial charge >= 0.3 is 0 Å². The van der Waals surface area contributed by atoms with Gasteiger partial charge in [0.15, 0.2) is 5.82 Å². The number of aromatic nitrogens is 4. The van der Waals surface area contributed by atoms with Gasteiger partial charge in [-0.1, -0.05) is 25.4 Å². The van der Waals surface area contributed by atoms with Crippen molar-refractivity contribution >= 4 is 11.6 Å². The summed E-state index contributed by atoms with van der Waals surface area (Å²) in [7, 11) is 0. The third-order valence-corrected chi connectivity index (χ3v) is 2.41. The Morgan fingerprint density at radius 3 is 2.73 bits per heavy atom. The van der Waals surface area contributed by atoms with Crippen molar-refractivity contribution in [2.24, 2.45) is 0 Å². The predicted octanol–water partition coefficient (Wildman–Crippen LogP) is 2.44. The lowest BCUT2D eigenvalue weighted by molar-refractivity contribution is 0.772. The second-order valence-electron chi connectivity index (χ2n) is 3.51. The highest BCUT2D eigenvalue weighted by Gasteiger charge is 2.14. The van der Waals surface area contributed by atoms with Crippen molar-refractivity contribution in [2.75, 3.05) is 0 Å². The smallest absolute Gasteiger partial charge is 0.161 e. The first-order valence-electron chi connectivity index (χ1n) is 4.70. The maximum absolute atomic E-state index is 6.05. The molecule has 2 heterocycles. The molecule has 5 heteroatoms. The normalized spacial score (nSPS) is 10.9. The largest absolute Gasteiger partial charge is 0.224 e. The Morgan fingerprint density at radius 2 is 2.13 bits per heavy atom. The molecule has 78 valence electrons. The molecule has 0 radical (unpaired) electrons. The first-order chi connectivity index (χ1) is 7.20. The van der Waals surface area contributed by atoms with Gasteiger partial charge in [0.05, 0.1) is 0 Å². The fraction of sp³-hybridized carbons (Fsp3) is 0.300. The summed E-state index contributed by atoms with van der Waals surface area (Å²) >= 11 is 6.05. The summed E-state index contributed by atoms with van der Waals surface area (Å²) in [6.07, 6.45) is 5.00. The van der Waals surface area contributed by atoms with Gasteiger partial charge in [0.25, 0.3) is 0 Å². The van der Waals surface area contributed by atoms with Gasteiger partial charge < -0.3 is 0 Å². The summed E-state index contributed by atoms with van der Waals surface area (Å²) in [5.74, 6) is 1.01. The van der Waals surface area contributed by atoms with Gasteiger partial charge in [-0.05, 0) is 12.0 Å². The van der Waals surface area contributed by atoms with Crippen LogP contribution in [-0.2, 0) is 0 Å². The van der Waals surface area contributed by atoms with Crippen molar-refractivity contribution < 1.29 is 0 Å². The first-order valence-corrected chi connectivity index (χ1v) is 5.08. The highest BCUT2D eigenvalue weighted by atomic mass is 35.5. The summed E-state index contributed by atoms with van der Waals surface area (Å²) in [6, 6.07) is 1.85. The molecule has 2 aromatic heterocycles. The molecule has 0 fully saturated rings. The lowest BCUT2D eigenvalue weighted by atomic mass is 10.1. The maximum atomic E-state index is 6.05. The van der Waals surface area contributed by atoms with Crippen LogP contribution in [-0.4, -0.2) is 19.7 Å². The van der Waals surface area contributed by atoms with Crippen LogP contribution in [0.4, 0.5) is 0 Å². The average Bonchev–Trinajstić information content (AvgIpc) is 2.69. The van der Waals surface area contributed by atoms with Gasteiger partial charge in [-0.2, -0.15) is 5.10 Å². The molecule has 0 saturated heterocycles. The van der Waals surface area contributed by atoms with E-state index in [0.29, 0.717) is 5.15 Å². The fourth-order valence-corrected chi connectivity index (χ4v) is 1.79. The third-order valence-electron chi connectivity index (χ3n) is 2.11. The highest BCUT2D eigenvalue weighted by Crippen LogP contribution is 2.26. The Hall–Kier alpha value is -1.42. The van der Waals surface area contributed by atoms with E-state index >= 15 is 0 Å². The molecule has 2 aromatic rings. The van der Waals surface area contributed by atoms with Crippen LogP contribution in [0.5, 0.6) is 0 Å². The molecule has 2 rings (SSSR count). The van der Waals surface area contributed by atoms with Crippen LogP contribution in [0.15, 0.2) is 24.8 Å². The summed E-state index contributed by atoms with van der Waals surface area (Å²) in [4.78, 5) is 8.19. The summed E-state index contributed by atoms with van der Waals surface area (Å²) < 4.78 is 1.70. The van der Waals surface area contributed by atoms with E-state index in [1.807, 2.05) is 12.3 Å². The van der Waals surface area contributed by atoms with E-state index in [1.165, 1.54) is 6.33 Å². The summed E-state index contributed by atoms with van der Waals surface area (Å²) in [6.45, 7) is 4.11. The van der Waals surface area contributed by atoms with Crippen LogP contribution < -0.4 is 0 Å². The first kappa shape index (κ1) is 10.1. The van der Waals surface area contributed by atoms with E-state index in [-0.39, 0.29) is 5.92 Å². The number of hydrogen-bond acceptors (Lipinski definition) is 3. The zero-order valence-corrected chi connectivity index (χ0v) is 9.31. The van der Waals surface area contributed by atoms with Crippen LogP contribution in [0, 0.1) is 0 Å². The SMILES string of the molecule is CC(C)c1c(Cl)ncnc1-n1cccn1. The molecule has 0 amide bonds. The minimum atomic E-state index is 0.262. The zero-order valence-electron chi connectivity index (χ0n) is 8.55.